The van der Waals surface area contributed by atoms with E-state index in [0.717, 1.165) is 6.42 Å². The average Bonchev–Trinajstić information content (AvgIpc) is 2.06. The Labute approximate surface area is 67.1 Å². The Kier molecular flexibility index (Phi) is 1.74. The Hall–Kier alpha value is -0.340. The zero-order chi connectivity index (χ0) is 7.84. The Bertz CT molecular complexity index is 174. The van der Waals surface area contributed by atoms with Crippen LogP contribution in [0, 0.1) is 11.8 Å². The molecule has 0 unspecified atom stereocenters. The molecule has 0 aromatic heterocycles. The van der Waals surface area contributed by atoms with E-state index in [-0.39, 0.29) is 12.2 Å². The Morgan fingerprint density at radius 2 is 2.09 bits per heavy atom. The molecule has 2 bridgehead atoms. The van der Waals surface area contributed by atoms with E-state index in [2.05, 4.69) is 26.0 Å². The van der Waals surface area contributed by atoms with Crippen LogP contribution < -0.4 is 0 Å². The van der Waals surface area contributed by atoms with Crippen molar-refractivity contribution in [1.29, 1.82) is 0 Å². The van der Waals surface area contributed by atoms with Crippen molar-refractivity contribution in [2.75, 3.05) is 0 Å². The van der Waals surface area contributed by atoms with Gasteiger partial charge in [-0.25, -0.2) is 9.78 Å². The van der Waals surface area contributed by atoms with Gasteiger partial charge in [0, 0.05) is 0 Å². The monoisotopic (exact) mass is 154 g/mol. The van der Waals surface area contributed by atoms with Gasteiger partial charge in [0.2, 0.25) is 0 Å². The van der Waals surface area contributed by atoms with Gasteiger partial charge in [-0.3, -0.25) is 0 Å². The summed E-state index contributed by atoms with van der Waals surface area (Å²) in [5.41, 5.74) is 0. The molecule has 0 aromatic rings. The van der Waals surface area contributed by atoms with Crippen molar-refractivity contribution in [1.82, 2.24) is 0 Å². The number of fused-ring (bicyclic) bond motifs is 2. The van der Waals surface area contributed by atoms with Crippen LogP contribution in [0.3, 0.4) is 0 Å². The molecule has 2 heterocycles. The summed E-state index contributed by atoms with van der Waals surface area (Å²) < 4.78 is 0. The highest BCUT2D eigenvalue weighted by Crippen LogP contribution is 2.34. The van der Waals surface area contributed by atoms with Crippen molar-refractivity contribution in [3.63, 3.8) is 0 Å². The quantitative estimate of drug-likeness (QED) is 0.424. The smallest absolute Gasteiger partial charge is 0.114 e. The summed E-state index contributed by atoms with van der Waals surface area (Å²) in [5, 5.41) is 0. The third kappa shape index (κ3) is 1.21. The minimum Gasteiger partial charge on any atom is -0.229 e. The lowest BCUT2D eigenvalue weighted by Crippen LogP contribution is -2.40. The van der Waals surface area contributed by atoms with Gasteiger partial charge < -0.3 is 0 Å². The first kappa shape index (κ1) is 7.32. The highest BCUT2D eigenvalue weighted by Gasteiger charge is 2.35. The van der Waals surface area contributed by atoms with Crippen LogP contribution in [-0.2, 0) is 9.78 Å². The third-order valence-electron chi connectivity index (χ3n) is 2.59. The SMILES string of the molecule is CC(C)[C@@H]1C[C@H]2C=C[C@@H]1OO2. The van der Waals surface area contributed by atoms with E-state index in [1.54, 1.807) is 0 Å². The lowest BCUT2D eigenvalue weighted by atomic mass is 9.81. The average molecular weight is 154 g/mol. The van der Waals surface area contributed by atoms with Gasteiger partial charge >= 0.3 is 0 Å². The first-order valence-electron chi connectivity index (χ1n) is 4.28. The van der Waals surface area contributed by atoms with Gasteiger partial charge in [-0.05, 0) is 18.3 Å². The van der Waals surface area contributed by atoms with Crippen molar-refractivity contribution in [3.05, 3.63) is 12.2 Å². The van der Waals surface area contributed by atoms with E-state index in [9.17, 15) is 0 Å². The lowest BCUT2D eigenvalue weighted by Gasteiger charge is -2.38. The Morgan fingerprint density at radius 1 is 1.27 bits per heavy atom. The van der Waals surface area contributed by atoms with E-state index >= 15 is 0 Å². The van der Waals surface area contributed by atoms with Crippen LogP contribution in [0.25, 0.3) is 0 Å². The third-order valence-corrected chi connectivity index (χ3v) is 2.59. The molecule has 0 spiro atoms. The number of rotatable bonds is 1. The van der Waals surface area contributed by atoms with E-state index in [4.69, 9.17) is 9.78 Å². The minimum atomic E-state index is 0.208. The van der Waals surface area contributed by atoms with E-state index in [1.807, 2.05) is 0 Å². The molecule has 3 rings (SSSR count). The predicted octanol–water partition coefficient (Wildman–Crippen LogP) is 1.92. The Morgan fingerprint density at radius 3 is 2.36 bits per heavy atom. The molecule has 2 nitrogen and oxygen atoms in total. The van der Waals surface area contributed by atoms with Crippen molar-refractivity contribution < 1.29 is 9.78 Å². The van der Waals surface area contributed by atoms with Crippen LogP contribution in [0.2, 0.25) is 0 Å². The number of hydrogen-bond donors (Lipinski definition) is 0. The molecule has 1 saturated heterocycles. The molecule has 1 aliphatic carbocycles. The molecular formula is C9H14O2. The maximum atomic E-state index is 5.16. The summed E-state index contributed by atoms with van der Waals surface area (Å²) >= 11 is 0. The fraction of sp³-hybridized carbons (Fsp3) is 0.778. The zero-order valence-corrected chi connectivity index (χ0v) is 6.99. The van der Waals surface area contributed by atoms with Crippen LogP contribution in [0.5, 0.6) is 0 Å². The molecule has 0 radical (unpaired) electrons. The largest absolute Gasteiger partial charge is 0.229 e. The second kappa shape index (κ2) is 2.61. The molecular weight excluding hydrogens is 140 g/mol. The molecule has 0 N–H and O–H groups in total. The second-order valence-corrected chi connectivity index (χ2v) is 3.72. The van der Waals surface area contributed by atoms with Gasteiger partial charge in [0.15, 0.2) is 0 Å². The van der Waals surface area contributed by atoms with E-state index < -0.39 is 0 Å². The highest BCUT2D eigenvalue weighted by molar-refractivity contribution is 5.06. The first-order chi connectivity index (χ1) is 5.27. The Balaban J connectivity index is 2.11. The van der Waals surface area contributed by atoms with Crippen molar-refractivity contribution in [3.8, 4) is 0 Å². The first-order valence-corrected chi connectivity index (χ1v) is 4.28. The van der Waals surface area contributed by atoms with Crippen molar-refractivity contribution in [2.24, 2.45) is 11.8 Å². The summed E-state index contributed by atoms with van der Waals surface area (Å²) in [5.74, 6) is 1.34. The zero-order valence-electron chi connectivity index (χ0n) is 6.99. The van der Waals surface area contributed by atoms with Gasteiger partial charge in [0.1, 0.15) is 12.2 Å². The van der Waals surface area contributed by atoms with E-state index in [0.29, 0.717) is 11.8 Å². The van der Waals surface area contributed by atoms with Gasteiger partial charge in [0.05, 0.1) is 0 Å². The van der Waals surface area contributed by atoms with E-state index in [1.165, 1.54) is 0 Å². The van der Waals surface area contributed by atoms with Crippen LogP contribution in [0.1, 0.15) is 20.3 Å². The molecule has 62 valence electrons. The van der Waals surface area contributed by atoms with Gasteiger partial charge in [-0.1, -0.05) is 26.0 Å². The van der Waals surface area contributed by atoms with Crippen LogP contribution in [0.4, 0.5) is 0 Å². The van der Waals surface area contributed by atoms with Gasteiger partial charge in [-0.2, -0.15) is 0 Å². The second-order valence-electron chi connectivity index (χ2n) is 3.72. The molecule has 2 heteroatoms. The topological polar surface area (TPSA) is 18.5 Å². The molecule has 0 amide bonds. The van der Waals surface area contributed by atoms with Crippen LogP contribution in [0.15, 0.2) is 12.2 Å². The van der Waals surface area contributed by atoms with Crippen LogP contribution in [-0.4, -0.2) is 12.2 Å². The fourth-order valence-corrected chi connectivity index (χ4v) is 1.82. The van der Waals surface area contributed by atoms with Crippen molar-refractivity contribution >= 4 is 0 Å². The van der Waals surface area contributed by atoms with Crippen molar-refractivity contribution in [2.45, 2.75) is 32.5 Å². The highest BCUT2D eigenvalue weighted by atomic mass is 17.2. The van der Waals surface area contributed by atoms with Gasteiger partial charge in [0.25, 0.3) is 0 Å². The lowest BCUT2D eigenvalue weighted by molar-refractivity contribution is -0.376. The molecule has 1 fully saturated rings. The molecule has 0 aromatic carbocycles. The molecule has 11 heavy (non-hydrogen) atoms. The summed E-state index contributed by atoms with van der Waals surface area (Å²) in [4.78, 5) is 10.2. The van der Waals surface area contributed by atoms with Crippen LogP contribution >= 0.6 is 0 Å². The summed E-state index contributed by atoms with van der Waals surface area (Å²) in [6, 6.07) is 0. The maximum absolute atomic E-state index is 5.16. The normalized spacial score (nSPS) is 41.9. The summed E-state index contributed by atoms with van der Waals surface area (Å²) in [7, 11) is 0. The molecule has 3 aliphatic rings. The molecule has 3 atom stereocenters. The summed E-state index contributed by atoms with van der Waals surface area (Å²) in [6.45, 7) is 4.48. The standard InChI is InChI=1S/C9H14O2/c1-6(2)8-5-7-3-4-9(8)11-10-7/h3-4,6-9H,5H2,1-2H3/t7-,8+,9+/m1/s1. The maximum Gasteiger partial charge on any atom is 0.114 e. The molecule has 0 saturated carbocycles. The summed E-state index contributed by atoms with van der Waals surface area (Å²) in [6.07, 6.45) is 5.78. The number of hydrogen-bond acceptors (Lipinski definition) is 2. The molecule has 2 aliphatic heterocycles. The fourth-order valence-electron chi connectivity index (χ4n) is 1.82. The van der Waals surface area contributed by atoms with Gasteiger partial charge in [-0.15, -0.1) is 0 Å². The minimum absolute atomic E-state index is 0.208. The predicted molar refractivity (Wildman–Crippen MR) is 41.8 cm³/mol.